The van der Waals surface area contributed by atoms with Gasteiger partial charge in [-0.3, -0.25) is 4.79 Å². The molecule has 1 N–H and O–H groups in total. The fourth-order valence-electron chi connectivity index (χ4n) is 2.93. The molecule has 0 spiro atoms. The molecule has 132 valence electrons. The van der Waals surface area contributed by atoms with Crippen molar-refractivity contribution >= 4 is 5.91 Å². The molecule has 1 unspecified atom stereocenters. The third kappa shape index (κ3) is 3.56. The molecule has 3 heterocycles. The summed E-state index contributed by atoms with van der Waals surface area (Å²) in [6.45, 7) is 1.07. The lowest BCUT2D eigenvalue weighted by atomic mass is 10.1. The molecule has 7 heteroatoms. The number of hydrogen-bond donors (Lipinski definition) is 1. The number of carbonyl (C=O) groups is 1. The van der Waals surface area contributed by atoms with Crippen LogP contribution < -0.4 is 10.1 Å². The Hall–Kier alpha value is -3.22. The average Bonchev–Trinajstić information content (AvgIpc) is 3.25. The van der Waals surface area contributed by atoms with E-state index in [1.807, 2.05) is 16.8 Å². The van der Waals surface area contributed by atoms with Crippen molar-refractivity contribution in [1.29, 1.82) is 0 Å². The zero-order valence-electron chi connectivity index (χ0n) is 13.9. The second-order valence-electron chi connectivity index (χ2n) is 6.18. The summed E-state index contributed by atoms with van der Waals surface area (Å²) in [7, 11) is 0. The number of hydrogen-bond acceptors (Lipinski definition) is 4. The number of carbonyl (C=O) groups excluding carboxylic acids is 1. The van der Waals surface area contributed by atoms with Gasteiger partial charge in [0.05, 0.1) is 5.92 Å². The van der Waals surface area contributed by atoms with E-state index in [1.165, 1.54) is 24.3 Å². The molecular weight excluding hydrogens is 335 g/mol. The predicted octanol–water partition coefficient (Wildman–Crippen LogP) is 2.70. The zero-order valence-corrected chi connectivity index (χ0v) is 13.9. The summed E-state index contributed by atoms with van der Waals surface area (Å²) in [6, 6.07) is 9.29. The normalized spacial score (nSPS) is 15.5. The van der Waals surface area contributed by atoms with E-state index < -0.39 is 0 Å². The number of pyridine rings is 1. The van der Waals surface area contributed by atoms with Crippen LogP contribution in [0.3, 0.4) is 0 Å². The van der Waals surface area contributed by atoms with Crippen molar-refractivity contribution in [2.75, 3.05) is 0 Å². The molecule has 1 aliphatic rings. The minimum absolute atomic E-state index is 0.0159. The Labute approximate surface area is 149 Å². The summed E-state index contributed by atoms with van der Waals surface area (Å²) in [4.78, 5) is 20.7. The molecule has 0 fully saturated rings. The quantitative estimate of drug-likeness (QED) is 0.767. The van der Waals surface area contributed by atoms with Crippen molar-refractivity contribution in [1.82, 2.24) is 19.9 Å². The Morgan fingerprint density at radius 1 is 1.23 bits per heavy atom. The Bertz CT molecular complexity index is 886. The number of nitrogens with one attached hydrogen (secondary N) is 1. The molecule has 1 aromatic carbocycles. The molecule has 4 rings (SSSR count). The molecule has 0 aliphatic carbocycles. The molecule has 26 heavy (non-hydrogen) atoms. The van der Waals surface area contributed by atoms with Gasteiger partial charge in [0.25, 0.3) is 0 Å². The van der Waals surface area contributed by atoms with Gasteiger partial charge in [-0.1, -0.05) is 6.07 Å². The standard InChI is InChI=1S/C19H17FN4O2/c20-15-2-4-16(5-3-15)26-18-6-1-13(10-22-18)11-23-19(25)14-9-17-21-7-8-24(17)12-14/h1-8,10,14H,9,11-12H2,(H,23,25). The first kappa shape index (κ1) is 16.3. The van der Waals surface area contributed by atoms with Crippen LogP contribution in [0.1, 0.15) is 11.4 Å². The summed E-state index contributed by atoms with van der Waals surface area (Å²) in [6.07, 6.45) is 5.97. The van der Waals surface area contributed by atoms with Crippen LogP contribution in [0, 0.1) is 11.7 Å². The highest BCUT2D eigenvalue weighted by Crippen LogP contribution is 2.20. The molecule has 1 aliphatic heterocycles. The van der Waals surface area contributed by atoms with Crippen LogP contribution in [-0.2, 0) is 24.3 Å². The van der Waals surface area contributed by atoms with Gasteiger partial charge in [-0.25, -0.2) is 14.4 Å². The number of rotatable bonds is 5. The molecule has 1 amide bonds. The Morgan fingerprint density at radius 3 is 2.81 bits per heavy atom. The molecule has 3 aromatic rings. The summed E-state index contributed by atoms with van der Waals surface area (Å²) in [5.41, 5.74) is 0.875. The van der Waals surface area contributed by atoms with E-state index in [2.05, 4.69) is 15.3 Å². The summed E-state index contributed by atoms with van der Waals surface area (Å²) in [5.74, 6) is 1.50. The molecule has 0 saturated heterocycles. The molecule has 2 aromatic heterocycles. The molecule has 0 bridgehead atoms. The van der Waals surface area contributed by atoms with Gasteiger partial charge in [-0.15, -0.1) is 0 Å². The van der Waals surface area contributed by atoms with Gasteiger partial charge in [0, 0.05) is 44.2 Å². The summed E-state index contributed by atoms with van der Waals surface area (Å²) in [5, 5.41) is 2.94. The molecule has 6 nitrogen and oxygen atoms in total. The van der Waals surface area contributed by atoms with E-state index in [0.717, 1.165) is 11.4 Å². The lowest BCUT2D eigenvalue weighted by Gasteiger charge is -2.10. The first-order valence-electron chi connectivity index (χ1n) is 8.33. The summed E-state index contributed by atoms with van der Waals surface area (Å²) < 4.78 is 20.4. The van der Waals surface area contributed by atoms with Gasteiger partial charge in [0.2, 0.25) is 11.8 Å². The average molecular weight is 352 g/mol. The maximum absolute atomic E-state index is 12.9. The van der Waals surface area contributed by atoms with Crippen LogP contribution in [0.15, 0.2) is 55.0 Å². The molecule has 1 atom stereocenters. The number of aromatic nitrogens is 3. The fourth-order valence-corrected chi connectivity index (χ4v) is 2.93. The third-order valence-corrected chi connectivity index (χ3v) is 4.32. The number of amides is 1. The molecule has 0 saturated carbocycles. The molecule has 0 radical (unpaired) electrons. The number of fused-ring (bicyclic) bond motifs is 1. The molecular formula is C19H17FN4O2. The highest BCUT2D eigenvalue weighted by atomic mass is 19.1. The Kier molecular flexibility index (Phi) is 4.35. The number of imidazole rings is 1. The van der Waals surface area contributed by atoms with Crippen LogP contribution in [0.2, 0.25) is 0 Å². The van der Waals surface area contributed by atoms with Crippen molar-refractivity contribution in [3.8, 4) is 11.6 Å². The van der Waals surface area contributed by atoms with Crippen LogP contribution >= 0.6 is 0 Å². The lowest BCUT2D eigenvalue weighted by Crippen LogP contribution is -2.31. The topological polar surface area (TPSA) is 69.0 Å². The van der Waals surface area contributed by atoms with Crippen molar-refractivity contribution in [3.05, 3.63) is 72.2 Å². The van der Waals surface area contributed by atoms with E-state index in [1.54, 1.807) is 18.5 Å². The van der Waals surface area contributed by atoms with Crippen LogP contribution in [0.25, 0.3) is 0 Å². The van der Waals surface area contributed by atoms with Gasteiger partial charge in [-0.05, 0) is 29.8 Å². The SMILES string of the molecule is O=C(NCc1ccc(Oc2ccc(F)cc2)nc1)C1Cc2nccn2C1. The smallest absolute Gasteiger partial charge is 0.225 e. The van der Waals surface area contributed by atoms with Crippen molar-refractivity contribution in [3.63, 3.8) is 0 Å². The van der Waals surface area contributed by atoms with E-state index in [4.69, 9.17) is 4.74 Å². The van der Waals surface area contributed by atoms with Gasteiger partial charge >= 0.3 is 0 Å². The van der Waals surface area contributed by atoms with Crippen LogP contribution in [-0.4, -0.2) is 20.4 Å². The largest absolute Gasteiger partial charge is 0.439 e. The minimum atomic E-state index is -0.317. The minimum Gasteiger partial charge on any atom is -0.439 e. The highest BCUT2D eigenvalue weighted by Gasteiger charge is 2.27. The monoisotopic (exact) mass is 352 g/mol. The van der Waals surface area contributed by atoms with Crippen molar-refractivity contribution < 1.29 is 13.9 Å². The number of nitrogens with zero attached hydrogens (tertiary/aromatic N) is 3. The van der Waals surface area contributed by atoms with E-state index in [0.29, 0.717) is 31.1 Å². The second kappa shape index (κ2) is 6.95. The van der Waals surface area contributed by atoms with E-state index in [-0.39, 0.29) is 17.6 Å². The zero-order chi connectivity index (χ0) is 17.9. The second-order valence-corrected chi connectivity index (χ2v) is 6.18. The predicted molar refractivity (Wildman–Crippen MR) is 92.0 cm³/mol. The highest BCUT2D eigenvalue weighted by molar-refractivity contribution is 5.79. The first-order chi connectivity index (χ1) is 12.7. The van der Waals surface area contributed by atoms with E-state index >= 15 is 0 Å². The Morgan fingerprint density at radius 2 is 2.08 bits per heavy atom. The van der Waals surface area contributed by atoms with Gasteiger partial charge in [0.1, 0.15) is 17.4 Å². The number of benzene rings is 1. The lowest BCUT2D eigenvalue weighted by molar-refractivity contribution is -0.125. The van der Waals surface area contributed by atoms with E-state index in [9.17, 15) is 9.18 Å². The van der Waals surface area contributed by atoms with Gasteiger partial charge in [-0.2, -0.15) is 0 Å². The Balaban J connectivity index is 1.29. The van der Waals surface area contributed by atoms with Crippen LogP contribution in [0.5, 0.6) is 11.6 Å². The van der Waals surface area contributed by atoms with Crippen LogP contribution in [0.4, 0.5) is 4.39 Å². The fraction of sp³-hybridized carbons (Fsp3) is 0.211. The third-order valence-electron chi connectivity index (χ3n) is 4.32. The maximum atomic E-state index is 12.9. The maximum Gasteiger partial charge on any atom is 0.225 e. The first-order valence-corrected chi connectivity index (χ1v) is 8.33. The summed E-state index contributed by atoms with van der Waals surface area (Å²) >= 11 is 0. The number of halogens is 1. The van der Waals surface area contributed by atoms with Crippen molar-refractivity contribution in [2.24, 2.45) is 5.92 Å². The number of ether oxygens (including phenoxy) is 1. The van der Waals surface area contributed by atoms with Crippen molar-refractivity contribution in [2.45, 2.75) is 19.5 Å². The van der Waals surface area contributed by atoms with Gasteiger partial charge in [0.15, 0.2) is 0 Å². The van der Waals surface area contributed by atoms with Gasteiger partial charge < -0.3 is 14.6 Å².